The Morgan fingerprint density at radius 3 is 1.69 bits per heavy atom. The molecule has 0 aliphatic carbocycles. The van der Waals surface area contributed by atoms with Gasteiger partial charge < -0.3 is 4.74 Å². The summed E-state index contributed by atoms with van der Waals surface area (Å²) in [5, 5.41) is 8.44. The highest BCUT2D eigenvalue weighted by Gasteiger charge is 2.21. The predicted octanol–water partition coefficient (Wildman–Crippen LogP) is 12.5. The van der Waals surface area contributed by atoms with Crippen LogP contribution in [0.4, 0.5) is 0 Å². The van der Waals surface area contributed by atoms with E-state index in [9.17, 15) is 0 Å². The summed E-state index contributed by atoms with van der Waals surface area (Å²) >= 11 is 0. The van der Waals surface area contributed by atoms with Crippen LogP contribution in [-0.2, 0) is 0 Å². The molecule has 0 aromatic heterocycles. The summed E-state index contributed by atoms with van der Waals surface area (Å²) in [6, 6.07) is 42.7. The number of benzene rings is 9. The molecule has 0 unspecified atom stereocenters. The van der Waals surface area contributed by atoms with Gasteiger partial charge in [0, 0.05) is 10.9 Å². The Morgan fingerprint density at radius 1 is 0.378 bits per heavy atom. The van der Waals surface area contributed by atoms with Crippen LogP contribution in [0.2, 0.25) is 0 Å². The first-order valence-corrected chi connectivity index (χ1v) is 15.1. The summed E-state index contributed by atoms with van der Waals surface area (Å²) in [4.78, 5) is 0. The fourth-order valence-corrected chi connectivity index (χ4v) is 7.34. The molecule has 1 heterocycles. The fraction of sp³-hybridized carbons (Fsp3) is 0. The molecule has 45 heavy (non-hydrogen) atoms. The average Bonchev–Trinajstić information content (AvgIpc) is 3.16. The smallest absolute Gasteiger partial charge is 0.135 e. The first kappa shape index (κ1) is 20.1. The van der Waals surface area contributed by atoms with E-state index in [1.54, 1.807) is 0 Å². The first-order chi connectivity index (χ1) is 24.4. The lowest BCUT2D eigenvalue weighted by Gasteiger charge is -2.22. The second-order valence-electron chi connectivity index (χ2n) is 11.7. The zero-order chi connectivity index (χ0) is 33.8. The summed E-state index contributed by atoms with van der Waals surface area (Å²) in [6.45, 7) is 0. The van der Waals surface area contributed by atoms with Crippen LogP contribution < -0.4 is 4.74 Å². The Balaban J connectivity index is 1.17. The van der Waals surface area contributed by atoms with Crippen molar-refractivity contribution in [2.24, 2.45) is 0 Å². The van der Waals surface area contributed by atoms with Crippen molar-refractivity contribution in [1.82, 2.24) is 0 Å². The van der Waals surface area contributed by atoms with E-state index in [-0.39, 0.29) is 35.8 Å². The van der Waals surface area contributed by atoms with Gasteiger partial charge in [-0.05, 0) is 94.8 Å². The molecule has 0 saturated carbocycles. The van der Waals surface area contributed by atoms with Crippen molar-refractivity contribution >= 4 is 43.1 Å². The summed E-state index contributed by atoms with van der Waals surface area (Å²) < 4.78 is 48.4. The molecular weight excluding hydrogens is 544 g/mol. The number of rotatable bonds is 3. The van der Waals surface area contributed by atoms with Gasteiger partial charge in [0.05, 0.1) is 6.85 Å². The lowest BCUT2D eigenvalue weighted by Crippen LogP contribution is -1.97. The van der Waals surface area contributed by atoms with Gasteiger partial charge in [0.2, 0.25) is 0 Å². The van der Waals surface area contributed by atoms with Crippen LogP contribution in [0.3, 0.4) is 0 Å². The SMILES string of the molecule is [2H]c1c([2H])c([2H])c(-c2ccc3ccc4c(-c5cccc(-c6ccc7c8c(cccc68)-c6ccccc6O7)c5)ccc5ccc2c3c54)c([2H])c1[2H]. The summed E-state index contributed by atoms with van der Waals surface area (Å²) in [7, 11) is 0. The molecule has 9 aromatic rings. The molecule has 0 atom stereocenters. The van der Waals surface area contributed by atoms with Gasteiger partial charge in [0.1, 0.15) is 11.5 Å². The molecule has 10 rings (SSSR count). The van der Waals surface area contributed by atoms with Crippen molar-refractivity contribution in [3.63, 3.8) is 0 Å². The Morgan fingerprint density at radius 2 is 0.956 bits per heavy atom. The second-order valence-corrected chi connectivity index (χ2v) is 11.7. The van der Waals surface area contributed by atoms with Crippen LogP contribution in [0.1, 0.15) is 6.85 Å². The molecule has 1 aliphatic rings. The van der Waals surface area contributed by atoms with Crippen molar-refractivity contribution in [1.29, 1.82) is 0 Å². The average molecular weight is 576 g/mol. The highest BCUT2D eigenvalue weighted by atomic mass is 16.5. The molecule has 1 heteroatoms. The lowest BCUT2D eigenvalue weighted by molar-refractivity contribution is 0.487. The summed E-state index contributed by atoms with van der Waals surface area (Å²) in [6.07, 6.45) is 0. The fourth-order valence-electron chi connectivity index (χ4n) is 7.34. The van der Waals surface area contributed by atoms with Crippen molar-refractivity contribution in [3.05, 3.63) is 158 Å². The Bertz CT molecular complexity index is 2880. The maximum Gasteiger partial charge on any atom is 0.135 e. The van der Waals surface area contributed by atoms with E-state index in [0.29, 0.717) is 5.56 Å². The maximum absolute atomic E-state index is 8.69. The standard InChI is InChI=1S/C44H26O/c1-2-8-27(9-3-1)32-20-16-28-19-23-39-33(21-17-29-18-22-38(32)42(28)43(29)39)30-10-6-11-31(26-30)34-24-25-41-44-36(34)13-7-14-37(44)35-12-4-5-15-40(35)45-41/h1-26H/i1D,2D,3D,8D,9D. The number of hydrogen-bond acceptors (Lipinski definition) is 1. The van der Waals surface area contributed by atoms with E-state index in [1.165, 1.54) is 5.56 Å². The van der Waals surface area contributed by atoms with Gasteiger partial charge in [-0.25, -0.2) is 0 Å². The second kappa shape index (κ2) is 9.29. The van der Waals surface area contributed by atoms with E-state index in [1.807, 2.05) is 36.4 Å². The molecule has 0 radical (unpaired) electrons. The van der Waals surface area contributed by atoms with Crippen LogP contribution in [0, 0.1) is 0 Å². The molecule has 208 valence electrons. The molecule has 1 aliphatic heterocycles. The molecule has 1 nitrogen and oxygen atoms in total. The molecule has 0 saturated heterocycles. The molecule has 0 fully saturated rings. The largest absolute Gasteiger partial charge is 0.456 e. The van der Waals surface area contributed by atoms with E-state index in [2.05, 4.69) is 91.0 Å². The minimum absolute atomic E-state index is 0.196. The Labute approximate surface area is 267 Å². The van der Waals surface area contributed by atoms with Gasteiger partial charge in [-0.1, -0.05) is 139 Å². The summed E-state index contributed by atoms with van der Waals surface area (Å²) in [5.41, 5.74) is 7.56. The molecular formula is C44H26O. The number of para-hydroxylation sites is 1. The van der Waals surface area contributed by atoms with Gasteiger partial charge in [-0.3, -0.25) is 0 Å². The monoisotopic (exact) mass is 575 g/mol. The van der Waals surface area contributed by atoms with Gasteiger partial charge in [-0.15, -0.1) is 0 Å². The van der Waals surface area contributed by atoms with Crippen molar-refractivity contribution in [2.75, 3.05) is 0 Å². The van der Waals surface area contributed by atoms with Crippen molar-refractivity contribution in [2.45, 2.75) is 0 Å². The number of hydrogen-bond donors (Lipinski definition) is 0. The lowest BCUT2D eigenvalue weighted by atomic mass is 9.86. The molecule has 0 amide bonds. The van der Waals surface area contributed by atoms with Gasteiger partial charge >= 0.3 is 0 Å². The quantitative estimate of drug-likeness (QED) is 0.190. The Hall–Kier alpha value is -5.92. The topological polar surface area (TPSA) is 9.23 Å². The number of ether oxygens (including phenoxy) is 1. The van der Waals surface area contributed by atoms with Crippen molar-refractivity contribution < 1.29 is 11.6 Å². The van der Waals surface area contributed by atoms with E-state index < -0.39 is 0 Å². The Kier molecular flexibility index (Phi) is 4.15. The minimum atomic E-state index is -0.389. The van der Waals surface area contributed by atoms with Crippen LogP contribution in [-0.4, -0.2) is 0 Å². The van der Waals surface area contributed by atoms with Crippen LogP contribution in [0.15, 0.2) is 158 Å². The highest BCUT2D eigenvalue weighted by Crippen LogP contribution is 2.49. The zero-order valence-corrected chi connectivity index (χ0v) is 24.0. The zero-order valence-electron chi connectivity index (χ0n) is 29.0. The van der Waals surface area contributed by atoms with Gasteiger partial charge in [0.25, 0.3) is 0 Å². The predicted molar refractivity (Wildman–Crippen MR) is 189 cm³/mol. The molecule has 0 spiro atoms. The molecule has 0 bridgehead atoms. The summed E-state index contributed by atoms with van der Waals surface area (Å²) in [5.74, 6) is 1.74. The van der Waals surface area contributed by atoms with E-state index in [0.717, 1.165) is 82.4 Å². The molecule has 0 N–H and O–H groups in total. The maximum atomic E-state index is 8.69. The molecule has 9 aromatic carbocycles. The normalized spacial score (nSPS) is 13.7. The van der Waals surface area contributed by atoms with Crippen molar-refractivity contribution in [3.8, 4) is 56.0 Å². The van der Waals surface area contributed by atoms with Crippen LogP contribution >= 0.6 is 0 Å². The van der Waals surface area contributed by atoms with Gasteiger partial charge in [-0.2, -0.15) is 0 Å². The third kappa shape index (κ3) is 3.56. The van der Waals surface area contributed by atoms with Crippen LogP contribution in [0.5, 0.6) is 11.5 Å². The van der Waals surface area contributed by atoms with Gasteiger partial charge in [0.15, 0.2) is 0 Å². The van der Waals surface area contributed by atoms with E-state index in [4.69, 9.17) is 11.6 Å². The third-order valence-electron chi connectivity index (χ3n) is 9.32. The highest BCUT2D eigenvalue weighted by molar-refractivity contribution is 6.27. The van der Waals surface area contributed by atoms with Crippen LogP contribution in [0.25, 0.3) is 87.6 Å². The third-order valence-corrected chi connectivity index (χ3v) is 9.32. The minimum Gasteiger partial charge on any atom is -0.456 e. The first-order valence-electron chi connectivity index (χ1n) is 17.6. The number of fused-ring (bicyclic) bond motifs is 2. The van der Waals surface area contributed by atoms with E-state index >= 15 is 0 Å².